The molecule has 1 aliphatic carbocycles. The topological polar surface area (TPSA) is 30.5 Å². The molecule has 21 heavy (non-hydrogen) atoms. The normalized spacial score (nSPS) is 14.0. The molecule has 2 aromatic carbocycles. The number of para-hydroxylation sites is 2. The van der Waals surface area contributed by atoms with Crippen molar-refractivity contribution in [2.24, 2.45) is 0 Å². The van der Waals surface area contributed by atoms with E-state index in [0.717, 1.165) is 22.9 Å². The number of halogens is 1. The van der Waals surface area contributed by atoms with Crippen LogP contribution in [-0.2, 0) is 6.54 Å². The number of hydrogen-bond donors (Lipinski definition) is 1. The summed E-state index contributed by atoms with van der Waals surface area (Å²) in [6, 6.07) is 14.0. The van der Waals surface area contributed by atoms with Crippen molar-refractivity contribution in [3.8, 4) is 17.2 Å². The molecule has 3 rings (SSSR count). The molecule has 1 saturated carbocycles. The number of benzene rings is 2. The highest BCUT2D eigenvalue weighted by Gasteiger charge is 2.21. The zero-order valence-corrected chi connectivity index (χ0v) is 12.7. The molecule has 0 unspecified atom stereocenters. The lowest BCUT2D eigenvalue weighted by Gasteiger charge is -2.14. The Morgan fingerprint density at radius 1 is 1.10 bits per heavy atom. The summed E-state index contributed by atoms with van der Waals surface area (Å²) in [6.07, 6.45) is 2.51. The van der Waals surface area contributed by atoms with Crippen LogP contribution in [0.25, 0.3) is 0 Å². The van der Waals surface area contributed by atoms with Crippen LogP contribution in [0.5, 0.6) is 17.2 Å². The van der Waals surface area contributed by atoms with E-state index in [1.165, 1.54) is 12.8 Å². The lowest BCUT2D eigenvalue weighted by atomic mass is 10.2. The molecule has 1 N–H and O–H groups in total. The van der Waals surface area contributed by atoms with E-state index in [-0.39, 0.29) is 0 Å². The van der Waals surface area contributed by atoms with Crippen molar-refractivity contribution >= 4 is 11.6 Å². The number of rotatable bonds is 6. The molecule has 4 heteroatoms. The first-order chi connectivity index (χ1) is 10.3. The van der Waals surface area contributed by atoms with Crippen molar-refractivity contribution < 1.29 is 9.47 Å². The van der Waals surface area contributed by atoms with Gasteiger partial charge in [0.25, 0.3) is 0 Å². The molecule has 1 aliphatic rings. The summed E-state index contributed by atoms with van der Waals surface area (Å²) in [5, 5.41) is 4.20. The monoisotopic (exact) mass is 303 g/mol. The van der Waals surface area contributed by atoms with Crippen LogP contribution in [0.4, 0.5) is 0 Å². The minimum Gasteiger partial charge on any atom is -0.493 e. The van der Waals surface area contributed by atoms with Gasteiger partial charge in [-0.3, -0.25) is 0 Å². The maximum Gasteiger partial charge on any atom is 0.169 e. The molecule has 110 valence electrons. The van der Waals surface area contributed by atoms with Gasteiger partial charge in [-0.25, -0.2) is 0 Å². The van der Waals surface area contributed by atoms with E-state index in [1.54, 1.807) is 7.11 Å². The molecule has 0 bridgehead atoms. The first kappa shape index (κ1) is 14.2. The van der Waals surface area contributed by atoms with E-state index in [0.29, 0.717) is 17.5 Å². The lowest BCUT2D eigenvalue weighted by Crippen LogP contribution is -2.15. The van der Waals surface area contributed by atoms with Gasteiger partial charge in [-0.05, 0) is 43.2 Å². The highest BCUT2D eigenvalue weighted by molar-refractivity contribution is 6.30. The minimum atomic E-state index is 0.642. The van der Waals surface area contributed by atoms with Crippen molar-refractivity contribution in [2.75, 3.05) is 7.11 Å². The van der Waals surface area contributed by atoms with Crippen LogP contribution >= 0.6 is 11.6 Å². The maximum atomic E-state index is 6.10. The van der Waals surface area contributed by atoms with Crippen molar-refractivity contribution in [2.45, 2.75) is 25.4 Å². The van der Waals surface area contributed by atoms with Crippen LogP contribution in [0.1, 0.15) is 18.4 Å². The number of methoxy groups -OCH3 is 1. The molecule has 0 heterocycles. The van der Waals surface area contributed by atoms with Crippen LogP contribution in [-0.4, -0.2) is 13.2 Å². The standard InChI is InChI=1S/C17H18ClNO2/c1-20-16-4-2-3-5-17(16)21-15-9-6-13(18)10-12(15)11-19-14-7-8-14/h2-6,9-10,14,19H,7-8,11H2,1H3. The van der Waals surface area contributed by atoms with E-state index in [2.05, 4.69) is 5.32 Å². The average molecular weight is 304 g/mol. The van der Waals surface area contributed by atoms with Crippen molar-refractivity contribution in [1.82, 2.24) is 5.32 Å². The van der Waals surface area contributed by atoms with E-state index in [4.69, 9.17) is 21.1 Å². The molecular weight excluding hydrogens is 286 g/mol. The number of ether oxygens (including phenoxy) is 2. The van der Waals surface area contributed by atoms with Gasteiger partial charge in [-0.15, -0.1) is 0 Å². The highest BCUT2D eigenvalue weighted by atomic mass is 35.5. The maximum absolute atomic E-state index is 6.10. The van der Waals surface area contributed by atoms with Gasteiger partial charge in [0.15, 0.2) is 11.5 Å². The Morgan fingerprint density at radius 3 is 2.57 bits per heavy atom. The summed E-state index contributed by atoms with van der Waals surface area (Å²) >= 11 is 6.10. The highest BCUT2D eigenvalue weighted by Crippen LogP contribution is 2.34. The third-order valence-electron chi connectivity index (χ3n) is 3.47. The summed E-state index contributed by atoms with van der Waals surface area (Å²) in [7, 11) is 1.64. The van der Waals surface area contributed by atoms with Gasteiger partial charge in [-0.2, -0.15) is 0 Å². The number of hydrogen-bond acceptors (Lipinski definition) is 3. The van der Waals surface area contributed by atoms with Gasteiger partial charge < -0.3 is 14.8 Å². The molecule has 3 nitrogen and oxygen atoms in total. The smallest absolute Gasteiger partial charge is 0.169 e. The van der Waals surface area contributed by atoms with Gasteiger partial charge in [0.1, 0.15) is 5.75 Å². The van der Waals surface area contributed by atoms with Crippen LogP contribution < -0.4 is 14.8 Å². The predicted molar refractivity (Wildman–Crippen MR) is 84.4 cm³/mol. The molecule has 0 aromatic heterocycles. The van der Waals surface area contributed by atoms with Gasteiger partial charge >= 0.3 is 0 Å². The average Bonchev–Trinajstić information content (AvgIpc) is 3.32. The molecule has 0 atom stereocenters. The first-order valence-corrected chi connectivity index (χ1v) is 7.47. The van der Waals surface area contributed by atoms with Crippen LogP contribution in [0, 0.1) is 0 Å². The largest absolute Gasteiger partial charge is 0.493 e. The molecule has 1 fully saturated rings. The zero-order chi connectivity index (χ0) is 14.7. The Bertz CT molecular complexity index is 626. The molecule has 2 aromatic rings. The van der Waals surface area contributed by atoms with E-state index in [9.17, 15) is 0 Å². The fourth-order valence-corrected chi connectivity index (χ4v) is 2.34. The Morgan fingerprint density at radius 2 is 1.86 bits per heavy atom. The van der Waals surface area contributed by atoms with Crippen LogP contribution in [0.15, 0.2) is 42.5 Å². The first-order valence-electron chi connectivity index (χ1n) is 7.09. The second kappa shape index (κ2) is 6.37. The fraction of sp³-hybridized carbons (Fsp3) is 0.294. The van der Waals surface area contributed by atoms with Gasteiger partial charge in [0.2, 0.25) is 0 Å². The Labute approximate surface area is 129 Å². The van der Waals surface area contributed by atoms with Crippen LogP contribution in [0.2, 0.25) is 5.02 Å². The minimum absolute atomic E-state index is 0.642. The summed E-state index contributed by atoms with van der Waals surface area (Å²) in [4.78, 5) is 0. The van der Waals surface area contributed by atoms with E-state index < -0.39 is 0 Å². The molecule has 0 saturated heterocycles. The van der Waals surface area contributed by atoms with E-state index in [1.807, 2.05) is 42.5 Å². The summed E-state index contributed by atoms with van der Waals surface area (Å²) in [6.45, 7) is 0.760. The Kier molecular flexibility index (Phi) is 4.32. The van der Waals surface area contributed by atoms with Crippen molar-refractivity contribution in [3.05, 3.63) is 53.1 Å². The zero-order valence-electron chi connectivity index (χ0n) is 11.9. The van der Waals surface area contributed by atoms with E-state index >= 15 is 0 Å². The number of nitrogens with one attached hydrogen (secondary N) is 1. The molecular formula is C17H18ClNO2. The third-order valence-corrected chi connectivity index (χ3v) is 3.71. The fourth-order valence-electron chi connectivity index (χ4n) is 2.15. The lowest BCUT2D eigenvalue weighted by molar-refractivity contribution is 0.377. The quantitative estimate of drug-likeness (QED) is 0.858. The van der Waals surface area contributed by atoms with Gasteiger partial charge in [0.05, 0.1) is 7.11 Å². The summed E-state index contributed by atoms with van der Waals surface area (Å²) < 4.78 is 11.3. The summed E-state index contributed by atoms with van der Waals surface area (Å²) in [5.74, 6) is 2.22. The SMILES string of the molecule is COc1ccccc1Oc1ccc(Cl)cc1CNC1CC1. The third kappa shape index (κ3) is 3.69. The van der Waals surface area contributed by atoms with Crippen molar-refractivity contribution in [1.29, 1.82) is 0 Å². The second-order valence-electron chi connectivity index (χ2n) is 5.16. The summed E-state index contributed by atoms with van der Waals surface area (Å²) in [5.41, 5.74) is 1.06. The second-order valence-corrected chi connectivity index (χ2v) is 5.60. The van der Waals surface area contributed by atoms with Gasteiger partial charge in [0, 0.05) is 23.2 Å². The molecule has 0 amide bonds. The molecule has 0 spiro atoms. The van der Waals surface area contributed by atoms with Crippen LogP contribution in [0.3, 0.4) is 0 Å². The molecule has 0 aliphatic heterocycles. The van der Waals surface area contributed by atoms with Crippen molar-refractivity contribution in [3.63, 3.8) is 0 Å². The Hall–Kier alpha value is -1.71. The Balaban J connectivity index is 1.82. The molecule has 0 radical (unpaired) electrons. The van der Waals surface area contributed by atoms with Gasteiger partial charge in [-0.1, -0.05) is 23.7 Å². The predicted octanol–water partition coefficient (Wildman–Crippen LogP) is 4.39.